The largest absolute Gasteiger partial charge is 0.284 e. The van der Waals surface area contributed by atoms with E-state index in [0.717, 1.165) is 6.54 Å². The minimum absolute atomic E-state index is 0.319. The minimum atomic E-state index is 0.319. The van der Waals surface area contributed by atoms with Crippen molar-refractivity contribution in [2.24, 2.45) is 4.99 Å². The molecular formula is C5H5NS. The summed E-state index contributed by atoms with van der Waals surface area (Å²) in [7, 11) is 0. The molecule has 1 aliphatic heterocycles. The monoisotopic (exact) mass is 111 g/mol. The van der Waals surface area contributed by atoms with Gasteiger partial charge in [0, 0.05) is 0 Å². The Balaban J connectivity index is 2.39. The van der Waals surface area contributed by atoms with Crippen LogP contribution in [-0.2, 0) is 0 Å². The van der Waals surface area contributed by atoms with Gasteiger partial charge >= 0.3 is 0 Å². The summed E-state index contributed by atoms with van der Waals surface area (Å²) in [4.78, 5) is 3.93. The molecule has 1 rings (SSSR count). The van der Waals surface area contributed by atoms with Crippen LogP contribution in [0, 0.1) is 12.3 Å². The van der Waals surface area contributed by atoms with Crippen molar-refractivity contribution in [1.82, 2.24) is 0 Å². The highest BCUT2D eigenvalue weighted by atomic mass is 32.2. The highest BCUT2D eigenvalue weighted by Crippen LogP contribution is 2.12. The van der Waals surface area contributed by atoms with Crippen molar-refractivity contribution >= 4 is 17.3 Å². The maximum Gasteiger partial charge on any atom is 0.0905 e. The van der Waals surface area contributed by atoms with Crippen LogP contribution >= 0.6 is 11.8 Å². The zero-order chi connectivity index (χ0) is 5.11. The Morgan fingerprint density at radius 1 is 2.00 bits per heavy atom. The maximum atomic E-state index is 5.08. The van der Waals surface area contributed by atoms with Gasteiger partial charge < -0.3 is 0 Å². The SMILES string of the molecule is C#CC1CN=CS1. The van der Waals surface area contributed by atoms with Crippen LogP contribution in [0.4, 0.5) is 0 Å². The molecule has 7 heavy (non-hydrogen) atoms. The summed E-state index contributed by atoms with van der Waals surface area (Å²) in [5.74, 6) is 2.60. The van der Waals surface area contributed by atoms with Gasteiger partial charge in [-0.1, -0.05) is 17.7 Å². The van der Waals surface area contributed by atoms with Gasteiger partial charge in [-0.15, -0.1) is 6.42 Å². The lowest BCUT2D eigenvalue weighted by Crippen LogP contribution is -1.95. The van der Waals surface area contributed by atoms with Crippen LogP contribution in [0.2, 0.25) is 0 Å². The Kier molecular flexibility index (Phi) is 1.38. The Morgan fingerprint density at radius 2 is 2.86 bits per heavy atom. The second-order valence-corrected chi connectivity index (χ2v) is 2.31. The first-order chi connectivity index (χ1) is 3.43. The van der Waals surface area contributed by atoms with Gasteiger partial charge in [-0.25, -0.2) is 0 Å². The van der Waals surface area contributed by atoms with Gasteiger partial charge in [0.05, 0.1) is 17.3 Å². The molecule has 0 bridgehead atoms. The normalized spacial score (nSPS) is 27.6. The van der Waals surface area contributed by atoms with Crippen molar-refractivity contribution in [3.8, 4) is 12.3 Å². The second-order valence-electron chi connectivity index (χ2n) is 1.26. The van der Waals surface area contributed by atoms with Gasteiger partial charge in [-0.3, -0.25) is 4.99 Å². The summed E-state index contributed by atoms with van der Waals surface area (Å²) in [6.45, 7) is 0.807. The maximum absolute atomic E-state index is 5.08. The molecule has 0 aliphatic carbocycles. The van der Waals surface area contributed by atoms with E-state index >= 15 is 0 Å². The Morgan fingerprint density at radius 3 is 3.14 bits per heavy atom. The smallest absolute Gasteiger partial charge is 0.0905 e. The van der Waals surface area contributed by atoms with Gasteiger partial charge in [0.25, 0.3) is 0 Å². The third-order valence-corrected chi connectivity index (χ3v) is 1.64. The molecular weight excluding hydrogens is 106 g/mol. The van der Waals surface area contributed by atoms with Crippen LogP contribution in [0.25, 0.3) is 0 Å². The van der Waals surface area contributed by atoms with E-state index < -0.39 is 0 Å². The average Bonchev–Trinajstić information content (AvgIpc) is 2.14. The van der Waals surface area contributed by atoms with Crippen molar-refractivity contribution in [3.63, 3.8) is 0 Å². The molecule has 0 aromatic rings. The fourth-order valence-corrected chi connectivity index (χ4v) is 0.960. The number of hydrogen-bond donors (Lipinski definition) is 0. The van der Waals surface area contributed by atoms with E-state index in [2.05, 4.69) is 10.9 Å². The van der Waals surface area contributed by atoms with Crippen molar-refractivity contribution in [1.29, 1.82) is 0 Å². The lowest BCUT2D eigenvalue weighted by molar-refractivity contribution is 1.08. The Bertz CT molecular complexity index is 115. The third kappa shape index (κ3) is 0.971. The van der Waals surface area contributed by atoms with Crippen molar-refractivity contribution in [2.75, 3.05) is 6.54 Å². The number of hydrogen-bond acceptors (Lipinski definition) is 2. The van der Waals surface area contributed by atoms with Gasteiger partial charge in [0.1, 0.15) is 0 Å². The van der Waals surface area contributed by atoms with Gasteiger partial charge in [-0.05, 0) is 0 Å². The first-order valence-electron chi connectivity index (χ1n) is 2.03. The molecule has 1 heterocycles. The van der Waals surface area contributed by atoms with E-state index in [0.29, 0.717) is 5.25 Å². The number of aliphatic imine (C=N–C) groups is 1. The molecule has 1 unspecified atom stereocenters. The molecule has 0 N–H and O–H groups in total. The van der Waals surface area contributed by atoms with Gasteiger partial charge in [-0.2, -0.15) is 0 Å². The van der Waals surface area contributed by atoms with E-state index in [-0.39, 0.29) is 0 Å². The van der Waals surface area contributed by atoms with Crippen molar-refractivity contribution < 1.29 is 0 Å². The predicted molar refractivity (Wildman–Crippen MR) is 33.6 cm³/mol. The molecule has 36 valence electrons. The quantitative estimate of drug-likeness (QED) is 0.420. The summed E-state index contributed by atoms with van der Waals surface area (Å²) >= 11 is 1.61. The highest BCUT2D eigenvalue weighted by Gasteiger charge is 2.05. The fraction of sp³-hybridized carbons (Fsp3) is 0.400. The first kappa shape index (κ1) is 4.73. The van der Waals surface area contributed by atoms with Crippen LogP contribution in [0.3, 0.4) is 0 Å². The van der Waals surface area contributed by atoms with Crippen molar-refractivity contribution in [3.05, 3.63) is 0 Å². The van der Waals surface area contributed by atoms with Crippen LogP contribution in [-0.4, -0.2) is 17.3 Å². The summed E-state index contributed by atoms with van der Waals surface area (Å²) in [6, 6.07) is 0. The molecule has 0 saturated heterocycles. The Hall–Kier alpha value is -0.420. The van der Waals surface area contributed by atoms with Crippen LogP contribution in [0.15, 0.2) is 4.99 Å². The topological polar surface area (TPSA) is 12.4 Å². The zero-order valence-corrected chi connectivity index (χ0v) is 4.61. The molecule has 0 aromatic heterocycles. The summed E-state index contributed by atoms with van der Waals surface area (Å²) in [5, 5.41) is 0.319. The molecule has 0 fully saturated rings. The lowest BCUT2D eigenvalue weighted by Gasteiger charge is -1.89. The standard InChI is InChI=1S/C5H5NS/c1-2-5-3-6-4-7-5/h1,4-5H,3H2. The summed E-state index contributed by atoms with van der Waals surface area (Å²) < 4.78 is 0. The Labute approximate surface area is 47.2 Å². The van der Waals surface area contributed by atoms with Crippen LogP contribution < -0.4 is 0 Å². The van der Waals surface area contributed by atoms with E-state index in [9.17, 15) is 0 Å². The predicted octanol–water partition coefficient (Wildman–Crippen LogP) is 0.763. The van der Waals surface area contributed by atoms with E-state index in [1.54, 1.807) is 11.8 Å². The van der Waals surface area contributed by atoms with Crippen LogP contribution in [0.5, 0.6) is 0 Å². The zero-order valence-electron chi connectivity index (χ0n) is 3.79. The van der Waals surface area contributed by atoms with Crippen LogP contribution in [0.1, 0.15) is 0 Å². The number of rotatable bonds is 0. The molecule has 1 aliphatic rings. The third-order valence-electron chi connectivity index (χ3n) is 0.757. The lowest BCUT2D eigenvalue weighted by atomic mass is 10.4. The first-order valence-corrected chi connectivity index (χ1v) is 2.97. The van der Waals surface area contributed by atoms with Gasteiger partial charge in [0.2, 0.25) is 0 Å². The molecule has 0 amide bonds. The summed E-state index contributed by atoms with van der Waals surface area (Å²) in [6.07, 6.45) is 5.08. The molecule has 0 radical (unpaired) electrons. The number of thioether (sulfide) groups is 1. The van der Waals surface area contributed by atoms with E-state index in [1.165, 1.54) is 0 Å². The average molecular weight is 111 g/mol. The molecule has 0 saturated carbocycles. The second kappa shape index (κ2) is 2.04. The summed E-state index contributed by atoms with van der Waals surface area (Å²) in [5.41, 5.74) is 1.81. The van der Waals surface area contributed by atoms with Gasteiger partial charge in [0.15, 0.2) is 0 Å². The molecule has 0 aromatic carbocycles. The van der Waals surface area contributed by atoms with Crippen molar-refractivity contribution in [2.45, 2.75) is 5.25 Å². The fourth-order valence-electron chi connectivity index (χ4n) is 0.390. The van der Waals surface area contributed by atoms with E-state index in [1.807, 2.05) is 5.55 Å². The number of nitrogens with zero attached hydrogens (tertiary/aromatic N) is 1. The highest BCUT2D eigenvalue weighted by molar-refractivity contribution is 8.13. The minimum Gasteiger partial charge on any atom is -0.284 e. The van der Waals surface area contributed by atoms with E-state index in [4.69, 9.17) is 6.42 Å². The number of terminal acetylenes is 1. The molecule has 1 atom stereocenters. The molecule has 2 heteroatoms. The molecule has 0 spiro atoms. The molecule has 1 nitrogen and oxygen atoms in total.